The molecule has 1 amide bonds. The molecule has 7 heteroatoms. The average molecular weight is 266 g/mol. The first-order valence-corrected chi connectivity index (χ1v) is 6.02. The van der Waals surface area contributed by atoms with Crippen LogP contribution in [-0.4, -0.2) is 17.4 Å². The van der Waals surface area contributed by atoms with Crippen molar-refractivity contribution in [2.75, 3.05) is 12.0 Å². The van der Waals surface area contributed by atoms with Gasteiger partial charge in [0.25, 0.3) is 11.6 Å². The third kappa shape index (κ3) is 3.92. The molecule has 0 fully saturated rings. The molecule has 0 bridgehead atoms. The molecule has 1 aromatic carbocycles. The fraction of sp³-hybridized carbons (Fsp3) is 0.417. The number of hydrogen-bond acceptors (Lipinski definition) is 5. The highest BCUT2D eigenvalue weighted by atomic mass is 16.6. The van der Waals surface area contributed by atoms with Crippen molar-refractivity contribution in [1.29, 1.82) is 0 Å². The van der Waals surface area contributed by atoms with Crippen molar-refractivity contribution < 1.29 is 9.72 Å². The Hall–Kier alpha value is -2.15. The van der Waals surface area contributed by atoms with Gasteiger partial charge in [-0.15, -0.1) is 0 Å². The van der Waals surface area contributed by atoms with Gasteiger partial charge >= 0.3 is 0 Å². The first kappa shape index (κ1) is 14.9. The molecule has 1 atom stereocenters. The number of nitro benzene ring substituents is 1. The fourth-order valence-electron chi connectivity index (χ4n) is 1.46. The number of nitrogens with two attached hydrogens (primary N) is 1. The van der Waals surface area contributed by atoms with Crippen LogP contribution in [0.25, 0.3) is 0 Å². The van der Waals surface area contributed by atoms with Gasteiger partial charge in [0.15, 0.2) is 0 Å². The van der Waals surface area contributed by atoms with Gasteiger partial charge in [-0.1, -0.05) is 20.3 Å². The zero-order chi connectivity index (χ0) is 14.4. The van der Waals surface area contributed by atoms with E-state index in [0.717, 1.165) is 6.42 Å². The molecule has 104 valence electrons. The minimum atomic E-state index is -0.583. The van der Waals surface area contributed by atoms with E-state index in [4.69, 9.17) is 5.84 Å². The number of nitrogens with zero attached hydrogens (tertiary/aromatic N) is 1. The molecule has 7 nitrogen and oxygen atoms in total. The zero-order valence-corrected chi connectivity index (χ0v) is 11.0. The zero-order valence-electron chi connectivity index (χ0n) is 11.0. The molecule has 1 rings (SSSR count). The van der Waals surface area contributed by atoms with Crippen molar-refractivity contribution >= 4 is 17.3 Å². The molecule has 1 unspecified atom stereocenters. The van der Waals surface area contributed by atoms with E-state index in [1.165, 1.54) is 18.2 Å². The molecule has 0 saturated carbocycles. The van der Waals surface area contributed by atoms with Crippen LogP contribution in [0.4, 0.5) is 11.4 Å². The summed E-state index contributed by atoms with van der Waals surface area (Å²) in [6, 6.07) is 4.12. The van der Waals surface area contributed by atoms with Crippen LogP contribution in [0.5, 0.6) is 0 Å². The van der Waals surface area contributed by atoms with E-state index in [0.29, 0.717) is 12.5 Å². The summed E-state index contributed by atoms with van der Waals surface area (Å²) in [5.41, 5.74) is 2.42. The lowest BCUT2D eigenvalue weighted by Crippen LogP contribution is -2.28. The molecule has 19 heavy (non-hydrogen) atoms. The van der Waals surface area contributed by atoms with Crippen LogP contribution in [-0.2, 0) is 0 Å². The maximum absolute atomic E-state index is 11.9. The Kier molecular flexibility index (Phi) is 5.25. The highest BCUT2D eigenvalue weighted by Crippen LogP contribution is 2.24. The quantitative estimate of drug-likeness (QED) is 0.412. The molecule has 0 aliphatic carbocycles. The number of anilines is 1. The van der Waals surface area contributed by atoms with E-state index in [1.807, 2.05) is 13.8 Å². The van der Waals surface area contributed by atoms with Gasteiger partial charge in [0, 0.05) is 18.2 Å². The lowest BCUT2D eigenvalue weighted by molar-refractivity contribution is -0.384. The van der Waals surface area contributed by atoms with Gasteiger partial charge in [0.1, 0.15) is 5.69 Å². The lowest BCUT2D eigenvalue weighted by atomic mass is 10.1. The van der Waals surface area contributed by atoms with Gasteiger partial charge in [0.2, 0.25) is 0 Å². The fourth-order valence-corrected chi connectivity index (χ4v) is 1.46. The van der Waals surface area contributed by atoms with E-state index in [9.17, 15) is 14.9 Å². The van der Waals surface area contributed by atoms with Crippen LogP contribution < -0.4 is 16.6 Å². The summed E-state index contributed by atoms with van der Waals surface area (Å²) in [6.07, 6.45) is 0.955. The summed E-state index contributed by atoms with van der Waals surface area (Å²) >= 11 is 0. The molecule has 0 spiro atoms. The Morgan fingerprint density at radius 3 is 2.74 bits per heavy atom. The summed E-state index contributed by atoms with van der Waals surface area (Å²) in [4.78, 5) is 22.1. The molecule has 0 aliphatic rings. The Morgan fingerprint density at radius 2 is 2.21 bits per heavy atom. The Balaban J connectivity index is 2.86. The molecule has 0 aliphatic heterocycles. The SMILES string of the molecule is CCC(C)CNC(=O)c1ccc(NN)c([N+](=O)[O-])c1. The summed E-state index contributed by atoms with van der Waals surface area (Å²) in [6.45, 7) is 4.59. The molecule has 0 heterocycles. The van der Waals surface area contributed by atoms with Crippen LogP contribution in [0.1, 0.15) is 30.6 Å². The highest BCUT2D eigenvalue weighted by molar-refractivity contribution is 5.95. The second-order valence-electron chi connectivity index (χ2n) is 4.36. The minimum absolute atomic E-state index is 0.170. The first-order chi connectivity index (χ1) is 8.99. The van der Waals surface area contributed by atoms with Crippen molar-refractivity contribution in [2.24, 2.45) is 11.8 Å². The van der Waals surface area contributed by atoms with Gasteiger partial charge in [-0.2, -0.15) is 0 Å². The molecule has 0 radical (unpaired) electrons. The molecular formula is C12H18N4O3. The van der Waals surface area contributed by atoms with E-state index in [2.05, 4.69) is 10.7 Å². The normalized spacial score (nSPS) is 11.7. The number of nitro groups is 1. The van der Waals surface area contributed by atoms with Gasteiger partial charge in [0.05, 0.1) is 4.92 Å². The van der Waals surface area contributed by atoms with Crippen molar-refractivity contribution in [2.45, 2.75) is 20.3 Å². The number of nitrogen functional groups attached to an aromatic ring is 1. The van der Waals surface area contributed by atoms with Gasteiger partial charge < -0.3 is 10.7 Å². The molecule has 4 N–H and O–H groups in total. The minimum Gasteiger partial charge on any atom is -0.352 e. The summed E-state index contributed by atoms with van der Waals surface area (Å²) in [7, 11) is 0. The molecule has 0 saturated heterocycles. The van der Waals surface area contributed by atoms with Gasteiger partial charge in [-0.05, 0) is 18.1 Å². The average Bonchev–Trinajstić information content (AvgIpc) is 2.43. The largest absolute Gasteiger partial charge is 0.352 e. The number of hydrazine groups is 1. The maximum atomic E-state index is 11.9. The lowest BCUT2D eigenvalue weighted by Gasteiger charge is -2.10. The number of nitrogens with one attached hydrogen (secondary N) is 2. The second-order valence-corrected chi connectivity index (χ2v) is 4.36. The number of hydrogen-bond donors (Lipinski definition) is 3. The Labute approximate surface area is 111 Å². The van der Waals surface area contributed by atoms with Crippen molar-refractivity contribution in [3.63, 3.8) is 0 Å². The maximum Gasteiger partial charge on any atom is 0.294 e. The second kappa shape index (κ2) is 6.69. The third-order valence-electron chi connectivity index (χ3n) is 2.92. The van der Waals surface area contributed by atoms with Crippen molar-refractivity contribution in [3.05, 3.63) is 33.9 Å². The summed E-state index contributed by atoms with van der Waals surface area (Å²) in [5, 5.41) is 13.6. The number of rotatable bonds is 6. The van der Waals surface area contributed by atoms with Crippen LogP contribution in [0, 0.1) is 16.0 Å². The predicted octanol–water partition coefficient (Wildman–Crippen LogP) is 1.66. The topological polar surface area (TPSA) is 110 Å². The van der Waals surface area contributed by atoms with Crippen molar-refractivity contribution in [1.82, 2.24) is 5.32 Å². The van der Waals surface area contributed by atoms with Crippen LogP contribution in [0.2, 0.25) is 0 Å². The number of amides is 1. The molecule has 1 aromatic rings. The van der Waals surface area contributed by atoms with Gasteiger partial charge in [-0.3, -0.25) is 20.8 Å². The van der Waals surface area contributed by atoms with E-state index in [1.54, 1.807) is 0 Å². The predicted molar refractivity (Wildman–Crippen MR) is 72.7 cm³/mol. The van der Waals surface area contributed by atoms with E-state index in [-0.39, 0.29) is 22.8 Å². The summed E-state index contributed by atoms with van der Waals surface area (Å²) in [5.74, 6) is 5.21. The number of benzene rings is 1. The monoisotopic (exact) mass is 266 g/mol. The van der Waals surface area contributed by atoms with Crippen LogP contribution in [0.3, 0.4) is 0 Å². The third-order valence-corrected chi connectivity index (χ3v) is 2.92. The van der Waals surface area contributed by atoms with Crippen molar-refractivity contribution in [3.8, 4) is 0 Å². The standard InChI is InChI=1S/C12H18N4O3/c1-3-8(2)7-14-12(17)9-4-5-10(15-13)11(6-9)16(18)19/h4-6,8,15H,3,7,13H2,1-2H3,(H,14,17). The smallest absolute Gasteiger partial charge is 0.294 e. The van der Waals surface area contributed by atoms with Crippen LogP contribution in [0.15, 0.2) is 18.2 Å². The molecule has 0 aromatic heterocycles. The highest BCUT2D eigenvalue weighted by Gasteiger charge is 2.17. The van der Waals surface area contributed by atoms with Gasteiger partial charge in [-0.25, -0.2) is 0 Å². The Bertz CT molecular complexity index is 476. The van der Waals surface area contributed by atoms with E-state index < -0.39 is 4.92 Å². The first-order valence-electron chi connectivity index (χ1n) is 6.02. The Morgan fingerprint density at radius 1 is 1.53 bits per heavy atom. The van der Waals surface area contributed by atoms with E-state index >= 15 is 0 Å². The molecular weight excluding hydrogens is 248 g/mol. The number of carbonyl (C=O) groups is 1. The van der Waals surface area contributed by atoms with Crippen LogP contribution >= 0.6 is 0 Å². The summed E-state index contributed by atoms with van der Waals surface area (Å²) < 4.78 is 0. The number of carbonyl (C=O) groups excluding carboxylic acids is 1.